The highest BCUT2D eigenvalue weighted by Crippen LogP contribution is 2.20. The van der Waals surface area contributed by atoms with Crippen LogP contribution in [0.5, 0.6) is 0 Å². The van der Waals surface area contributed by atoms with Crippen LogP contribution in [-0.2, 0) is 14.8 Å². The summed E-state index contributed by atoms with van der Waals surface area (Å²) in [6, 6.07) is -0.578. The number of carbonyl (C=O) groups is 1. The van der Waals surface area contributed by atoms with Crippen molar-refractivity contribution >= 4 is 31.9 Å². The zero-order chi connectivity index (χ0) is 13.1. The van der Waals surface area contributed by atoms with Crippen LogP contribution in [-0.4, -0.2) is 44.0 Å². The van der Waals surface area contributed by atoms with E-state index in [1.54, 1.807) is 0 Å². The van der Waals surface area contributed by atoms with Gasteiger partial charge in [0.15, 0.2) is 0 Å². The Bertz CT molecular complexity index is 408. The summed E-state index contributed by atoms with van der Waals surface area (Å²) in [7, 11) is -3.32. The first-order chi connectivity index (χ1) is 7.82. The van der Waals surface area contributed by atoms with Crippen LogP contribution in [0.4, 0.5) is 0 Å². The van der Waals surface area contributed by atoms with E-state index >= 15 is 0 Å². The molecule has 1 aliphatic heterocycles. The van der Waals surface area contributed by atoms with Crippen molar-refractivity contribution < 1.29 is 13.2 Å². The minimum absolute atomic E-state index is 0.254. The molecule has 7 heteroatoms. The maximum atomic E-state index is 11.9. The van der Waals surface area contributed by atoms with Gasteiger partial charge < -0.3 is 5.32 Å². The van der Waals surface area contributed by atoms with Crippen molar-refractivity contribution in [1.29, 1.82) is 0 Å². The van der Waals surface area contributed by atoms with Crippen LogP contribution in [0.1, 0.15) is 19.3 Å². The van der Waals surface area contributed by atoms with Gasteiger partial charge in [0.25, 0.3) is 0 Å². The van der Waals surface area contributed by atoms with Gasteiger partial charge >= 0.3 is 0 Å². The van der Waals surface area contributed by atoms with Crippen LogP contribution < -0.4 is 5.32 Å². The second-order valence-electron chi connectivity index (χ2n) is 4.12. The SMILES string of the molecule is C=C(Br)CNC(=O)C1CCCCN1S(C)(=O)=O. The predicted octanol–water partition coefficient (Wildman–Crippen LogP) is 0.825. The van der Waals surface area contributed by atoms with Crippen LogP contribution >= 0.6 is 15.9 Å². The van der Waals surface area contributed by atoms with Crippen molar-refractivity contribution in [2.45, 2.75) is 25.3 Å². The van der Waals surface area contributed by atoms with Gasteiger partial charge in [-0.25, -0.2) is 8.42 Å². The number of hydrogen-bond donors (Lipinski definition) is 1. The van der Waals surface area contributed by atoms with Crippen LogP contribution in [0, 0.1) is 0 Å². The quantitative estimate of drug-likeness (QED) is 0.832. The molecule has 17 heavy (non-hydrogen) atoms. The van der Waals surface area contributed by atoms with Crippen LogP contribution in [0.2, 0.25) is 0 Å². The summed E-state index contributed by atoms with van der Waals surface area (Å²) >= 11 is 3.14. The van der Waals surface area contributed by atoms with E-state index in [9.17, 15) is 13.2 Å². The fourth-order valence-electron chi connectivity index (χ4n) is 1.86. The summed E-state index contributed by atoms with van der Waals surface area (Å²) in [5.41, 5.74) is 0. The van der Waals surface area contributed by atoms with Gasteiger partial charge in [0.1, 0.15) is 6.04 Å². The largest absolute Gasteiger partial charge is 0.350 e. The smallest absolute Gasteiger partial charge is 0.238 e. The summed E-state index contributed by atoms with van der Waals surface area (Å²) in [5.74, 6) is -0.254. The highest BCUT2D eigenvalue weighted by atomic mass is 79.9. The lowest BCUT2D eigenvalue weighted by Crippen LogP contribution is -2.51. The van der Waals surface area contributed by atoms with Crippen LogP contribution in [0.15, 0.2) is 11.1 Å². The van der Waals surface area contributed by atoms with E-state index in [2.05, 4.69) is 27.8 Å². The zero-order valence-corrected chi connectivity index (χ0v) is 12.2. The number of halogens is 1. The molecule has 1 N–H and O–H groups in total. The molecule has 0 bridgehead atoms. The Kier molecular flexibility index (Phi) is 5.15. The predicted molar refractivity (Wildman–Crippen MR) is 70.3 cm³/mol. The fourth-order valence-corrected chi connectivity index (χ4v) is 3.13. The van der Waals surface area contributed by atoms with Gasteiger partial charge in [-0.15, -0.1) is 0 Å². The Morgan fingerprint density at radius 1 is 1.53 bits per heavy atom. The number of rotatable bonds is 4. The van der Waals surface area contributed by atoms with E-state index in [1.807, 2.05) is 0 Å². The first kappa shape index (κ1) is 14.7. The molecule has 1 aliphatic rings. The molecule has 1 fully saturated rings. The van der Waals surface area contributed by atoms with Crippen LogP contribution in [0.3, 0.4) is 0 Å². The van der Waals surface area contributed by atoms with Gasteiger partial charge in [-0.05, 0) is 12.8 Å². The first-order valence-electron chi connectivity index (χ1n) is 5.40. The summed E-state index contributed by atoms with van der Waals surface area (Å²) in [4.78, 5) is 11.9. The van der Waals surface area contributed by atoms with Crippen molar-refractivity contribution in [3.63, 3.8) is 0 Å². The molecule has 1 unspecified atom stereocenters. The Morgan fingerprint density at radius 3 is 2.71 bits per heavy atom. The Balaban J connectivity index is 2.71. The molecule has 0 saturated carbocycles. The van der Waals surface area contributed by atoms with E-state index in [4.69, 9.17) is 0 Å². The lowest BCUT2D eigenvalue weighted by atomic mass is 10.0. The number of nitrogens with zero attached hydrogens (tertiary/aromatic N) is 1. The topological polar surface area (TPSA) is 66.5 Å². The molecule has 1 atom stereocenters. The monoisotopic (exact) mass is 324 g/mol. The number of piperidine rings is 1. The molecule has 1 rings (SSSR count). The molecular formula is C10H17BrN2O3S. The molecule has 1 saturated heterocycles. The first-order valence-corrected chi connectivity index (χ1v) is 8.04. The van der Waals surface area contributed by atoms with E-state index in [0.29, 0.717) is 24.0 Å². The summed E-state index contributed by atoms with van der Waals surface area (Å²) in [6.45, 7) is 4.35. The average Bonchev–Trinajstić information content (AvgIpc) is 2.24. The third kappa shape index (κ3) is 4.40. The lowest BCUT2D eigenvalue weighted by Gasteiger charge is -2.32. The molecule has 0 spiro atoms. The van der Waals surface area contributed by atoms with E-state index in [0.717, 1.165) is 19.1 Å². The molecule has 0 aromatic heterocycles. The number of nitrogens with one attached hydrogen (secondary N) is 1. The molecule has 1 heterocycles. The number of hydrogen-bond acceptors (Lipinski definition) is 3. The van der Waals surface area contributed by atoms with Gasteiger partial charge in [0.2, 0.25) is 15.9 Å². The van der Waals surface area contributed by atoms with Crippen molar-refractivity contribution in [3.8, 4) is 0 Å². The van der Waals surface area contributed by atoms with Crippen molar-refractivity contribution in [2.75, 3.05) is 19.3 Å². The number of carbonyl (C=O) groups excluding carboxylic acids is 1. The molecule has 0 aromatic carbocycles. The maximum Gasteiger partial charge on any atom is 0.238 e. The Labute approximate surface area is 110 Å². The summed E-state index contributed by atoms with van der Waals surface area (Å²) < 4.78 is 25.1. The molecule has 0 aromatic rings. The lowest BCUT2D eigenvalue weighted by molar-refractivity contribution is -0.125. The fraction of sp³-hybridized carbons (Fsp3) is 0.700. The number of sulfonamides is 1. The highest BCUT2D eigenvalue weighted by molar-refractivity contribution is 9.11. The van der Waals surface area contributed by atoms with Gasteiger partial charge in [0.05, 0.1) is 6.26 Å². The van der Waals surface area contributed by atoms with Gasteiger partial charge in [-0.2, -0.15) is 4.31 Å². The zero-order valence-electron chi connectivity index (χ0n) is 9.78. The highest BCUT2D eigenvalue weighted by Gasteiger charge is 2.34. The minimum atomic E-state index is -3.32. The molecular weight excluding hydrogens is 308 g/mol. The third-order valence-electron chi connectivity index (χ3n) is 2.64. The molecule has 1 amide bonds. The Hall–Kier alpha value is -0.400. The molecule has 5 nitrogen and oxygen atoms in total. The standard InChI is InChI=1S/C10H17BrN2O3S/c1-8(11)7-12-10(14)9-5-3-4-6-13(9)17(2,15)16/h9H,1,3-7H2,2H3,(H,12,14). The minimum Gasteiger partial charge on any atom is -0.350 e. The Morgan fingerprint density at radius 2 is 2.18 bits per heavy atom. The van der Waals surface area contributed by atoms with Gasteiger partial charge in [0, 0.05) is 17.6 Å². The molecule has 0 radical (unpaired) electrons. The van der Waals surface area contributed by atoms with Gasteiger partial charge in [-0.3, -0.25) is 4.79 Å². The summed E-state index contributed by atoms with van der Waals surface area (Å²) in [5, 5.41) is 2.66. The summed E-state index contributed by atoms with van der Waals surface area (Å²) in [6.07, 6.45) is 3.40. The normalized spacial score (nSPS) is 22.1. The van der Waals surface area contributed by atoms with Crippen LogP contribution in [0.25, 0.3) is 0 Å². The van der Waals surface area contributed by atoms with Gasteiger partial charge in [-0.1, -0.05) is 28.9 Å². The second-order valence-corrected chi connectivity index (χ2v) is 7.18. The van der Waals surface area contributed by atoms with E-state index in [-0.39, 0.29) is 5.91 Å². The number of amides is 1. The molecule has 98 valence electrons. The van der Waals surface area contributed by atoms with Crippen molar-refractivity contribution in [1.82, 2.24) is 9.62 Å². The molecule has 0 aliphatic carbocycles. The maximum absolute atomic E-state index is 11.9. The average molecular weight is 325 g/mol. The van der Waals surface area contributed by atoms with Crippen molar-refractivity contribution in [2.24, 2.45) is 0 Å². The van der Waals surface area contributed by atoms with E-state index < -0.39 is 16.1 Å². The van der Waals surface area contributed by atoms with E-state index in [1.165, 1.54) is 4.31 Å². The third-order valence-corrected chi connectivity index (χ3v) is 4.21. The van der Waals surface area contributed by atoms with Crippen molar-refractivity contribution in [3.05, 3.63) is 11.1 Å². The second kappa shape index (κ2) is 5.97.